The van der Waals surface area contributed by atoms with Gasteiger partial charge in [0.2, 0.25) is 0 Å². The largest absolute Gasteiger partial charge is 0.308 e. The minimum atomic E-state index is 0.911. The molecule has 0 amide bonds. The first kappa shape index (κ1) is 13.9. The molecule has 1 heterocycles. The smallest absolute Gasteiger partial charge is 0.191 e. The molecule has 0 N–H and O–H groups in total. The fraction of sp³-hybridized carbons (Fsp3) is 0.176. The van der Waals surface area contributed by atoms with Gasteiger partial charge in [-0.1, -0.05) is 72.4 Å². The molecule has 3 aromatic rings. The Morgan fingerprint density at radius 3 is 2.24 bits per heavy atom. The summed E-state index contributed by atoms with van der Waals surface area (Å²) in [5.41, 5.74) is 2.64. The number of nitrogens with zero attached hydrogens (tertiary/aromatic N) is 3. The van der Waals surface area contributed by atoms with Crippen LogP contribution in [0.2, 0.25) is 0 Å². The number of aromatic nitrogens is 3. The lowest BCUT2D eigenvalue weighted by Gasteiger charge is -2.06. The van der Waals surface area contributed by atoms with Gasteiger partial charge in [-0.25, -0.2) is 0 Å². The Morgan fingerprint density at radius 1 is 0.857 bits per heavy atom. The first-order valence-corrected chi connectivity index (χ1v) is 7.99. The molecule has 0 aliphatic heterocycles. The van der Waals surface area contributed by atoms with E-state index in [2.05, 4.69) is 63.3 Å². The summed E-state index contributed by atoms with van der Waals surface area (Å²) in [4.78, 5) is 0. The molecule has 0 saturated heterocycles. The lowest BCUT2D eigenvalue weighted by molar-refractivity contribution is 0.633. The fourth-order valence-electron chi connectivity index (χ4n) is 2.13. The monoisotopic (exact) mass is 295 g/mol. The van der Waals surface area contributed by atoms with Crippen LogP contribution >= 0.6 is 11.8 Å². The molecular formula is C17H17N3S. The number of hydrogen-bond donors (Lipinski definition) is 0. The SMILES string of the molecule is c1ccc(CCn2cnnc2SCc2ccccc2)cc1. The fourth-order valence-corrected chi connectivity index (χ4v) is 3.02. The second-order valence-corrected chi connectivity index (χ2v) is 5.76. The van der Waals surface area contributed by atoms with Crippen molar-refractivity contribution in [2.45, 2.75) is 23.9 Å². The third-order valence-electron chi connectivity index (χ3n) is 3.27. The van der Waals surface area contributed by atoms with E-state index in [0.29, 0.717) is 0 Å². The van der Waals surface area contributed by atoms with Crippen LogP contribution in [0.3, 0.4) is 0 Å². The van der Waals surface area contributed by atoms with Crippen LogP contribution in [0.1, 0.15) is 11.1 Å². The second kappa shape index (κ2) is 7.09. The van der Waals surface area contributed by atoms with E-state index in [1.54, 1.807) is 11.8 Å². The summed E-state index contributed by atoms with van der Waals surface area (Å²) < 4.78 is 2.13. The summed E-state index contributed by atoms with van der Waals surface area (Å²) in [6.45, 7) is 0.911. The Hall–Kier alpha value is -2.07. The van der Waals surface area contributed by atoms with E-state index in [4.69, 9.17) is 0 Å². The van der Waals surface area contributed by atoms with Crippen molar-refractivity contribution in [3.63, 3.8) is 0 Å². The topological polar surface area (TPSA) is 30.7 Å². The normalized spacial score (nSPS) is 10.7. The van der Waals surface area contributed by atoms with Crippen molar-refractivity contribution in [1.29, 1.82) is 0 Å². The Morgan fingerprint density at radius 2 is 1.52 bits per heavy atom. The molecular weight excluding hydrogens is 278 g/mol. The minimum absolute atomic E-state index is 0.911. The molecule has 4 heteroatoms. The highest BCUT2D eigenvalue weighted by Crippen LogP contribution is 2.20. The summed E-state index contributed by atoms with van der Waals surface area (Å²) in [6, 6.07) is 20.9. The van der Waals surface area contributed by atoms with Crippen LogP contribution < -0.4 is 0 Å². The van der Waals surface area contributed by atoms with E-state index in [-0.39, 0.29) is 0 Å². The van der Waals surface area contributed by atoms with Crippen LogP contribution in [0.15, 0.2) is 72.1 Å². The lowest BCUT2D eigenvalue weighted by atomic mass is 10.1. The van der Waals surface area contributed by atoms with Gasteiger partial charge in [0.1, 0.15) is 6.33 Å². The third kappa shape index (κ3) is 3.95. The van der Waals surface area contributed by atoms with Gasteiger partial charge in [-0.3, -0.25) is 0 Å². The Labute approximate surface area is 129 Å². The molecule has 21 heavy (non-hydrogen) atoms. The standard InChI is InChI=1S/C17H17N3S/c1-3-7-15(8-4-1)11-12-20-14-18-19-17(20)21-13-16-9-5-2-6-10-16/h1-10,14H,11-13H2. The Kier molecular flexibility index (Phi) is 4.69. The van der Waals surface area contributed by atoms with Gasteiger partial charge in [-0.15, -0.1) is 10.2 Å². The zero-order chi connectivity index (χ0) is 14.3. The van der Waals surface area contributed by atoms with Gasteiger partial charge in [0.05, 0.1) is 0 Å². The van der Waals surface area contributed by atoms with Crippen molar-refractivity contribution in [2.24, 2.45) is 0 Å². The molecule has 0 fully saturated rings. The number of thioether (sulfide) groups is 1. The van der Waals surface area contributed by atoms with Gasteiger partial charge >= 0.3 is 0 Å². The van der Waals surface area contributed by atoms with Gasteiger partial charge in [-0.2, -0.15) is 0 Å². The van der Waals surface area contributed by atoms with Crippen molar-refractivity contribution in [1.82, 2.24) is 14.8 Å². The van der Waals surface area contributed by atoms with Crippen LogP contribution in [-0.2, 0) is 18.7 Å². The van der Waals surface area contributed by atoms with Crippen LogP contribution in [0.25, 0.3) is 0 Å². The molecule has 0 aliphatic carbocycles. The molecule has 1 aromatic heterocycles. The summed E-state index contributed by atoms with van der Waals surface area (Å²) in [5, 5.41) is 9.24. The molecule has 0 radical (unpaired) electrons. The van der Waals surface area contributed by atoms with Gasteiger partial charge in [0.25, 0.3) is 0 Å². The Balaban J connectivity index is 1.59. The van der Waals surface area contributed by atoms with E-state index in [0.717, 1.165) is 23.9 Å². The van der Waals surface area contributed by atoms with Gasteiger partial charge in [0.15, 0.2) is 5.16 Å². The van der Waals surface area contributed by atoms with Gasteiger partial charge in [-0.05, 0) is 17.5 Å². The quantitative estimate of drug-likeness (QED) is 0.648. The molecule has 2 aromatic carbocycles. The molecule has 0 bridgehead atoms. The number of rotatable bonds is 6. The van der Waals surface area contributed by atoms with Crippen LogP contribution in [0, 0.1) is 0 Å². The molecule has 0 saturated carbocycles. The predicted octanol–water partition coefficient (Wildman–Crippen LogP) is 3.81. The van der Waals surface area contributed by atoms with E-state index in [1.165, 1.54) is 11.1 Å². The van der Waals surface area contributed by atoms with Crippen molar-refractivity contribution >= 4 is 11.8 Å². The van der Waals surface area contributed by atoms with Crippen molar-refractivity contribution in [3.05, 3.63) is 78.1 Å². The maximum absolute atomic E-state index is 4.22. The lowest BCUT2D eigenvalue weighted by Crippen LogP contribution is -2.02. The van der Waals surface area contributed by atoms with E-state index in [9.17, 15) is 0 Å². The average Bonchev–Trinajstić information content (AvgIpc) is 3.00. The number of benzene rings is 2. The van der Waals surface area contributed by atoms with Crippen LogP contribution in [0.4, 0.5) is 0 Å². The molecule has 0 aliphatic rings. The van der Waals surface area contributed by atoms with E-state index >= 15 is 0 Å². The maximum atomic E-state index is 4.22. The zero-order valence-electron chi connectivity index (χ0n) is 11.7. The summed E-state index contributed by atoms with van der Waals surface area (Å²) >= 11 is 1.73. The highest BCUT2D eigenvalue weighted by Gasteiger charge is 2.05. The molecule has 3 nitrogen and oxygen atoms in total. The summed E-state index contributed by atoms with van der Waals surface area (Å²) in [6.07, 6.45) is 2.81. The van der Waals surface area contributed by atoms with E-state index < -0.39 is 0 Å². The number of aryl methyl sites for hydroxylation is 2. The molecule has 0 unspecified atom stereocenters. The molecule has 0 spiro atoms. The molecule has 106 valence electrons. The maximum Gasteiger partial charge on any atom is 0.191 e. The first-order valence-electron chi connectivity index (χ1n) is 7.00. The first-order chi connectivity index (χ1) is 10.4. The predicted molar refractivity (Wildman–Crippen MR) is 86.2 cm³/mol. The van der Waals surface area contributed by atoms with Gasteiger partial charge < -0.3 is 4.57 Å². The van der Waals surface area contributed by atoms with Crippen LogP contribution in [-0.4, -0.2) is 14.8 Å². The van der Waals surface area contributed by atoms with Crippen molar-refractivity contribution in [2.75, 3.05) is 0 Å². The number of hydrogen-bond acceptors (Lipinski definition) is 3. The Bertz CT molecular complexity index is 607. The second-order valence-electron chi connectivity index (χ2n) is 4.82. The zero-order valence-corrected chi connectivity index (χ0v) is 12.5. The molecule has 3 rings (SSSR count). The average molecular weight is 295 g/mol. The summed E-state index contributed by atoms with van der Waals surface area (Å²) in [7, 11) is 0. The van der Waals surface area contributed by atoms with Gasteiger partial charge in [0, 0.05) is 12.3 Å². The van der Waals surface area contributed by atoms with Crippen molar-refractivity contribution in [3.8, 4) is 0 Å². The van der Waals surface area contributed by atoms with Crippen LogP contribution in [0.5, 0.6) is 0 Å². The molecule has 0 atom stereocenters. The highest BCUT2D eigenvalue weighted by molar-refractivity contribution is 7.98. The van der Waals surface area contributed by atoms with E-state index in [1.807, 2.05) is 18.5 Å². The third-order valence-corrected chi connectivity index (χ3v) is 4.33. The highest BCUT2D eigenvalue weighted by atomic mass is 32.2. The summed E-state index contributed by atoms with van der Waals surface area (Å²) in [5.74, 6) is 0.921. The van der Waals surface area contributed by atoms with Crippen molar-refractivity contribution < 1.29 is 0 Å². The minimum Gasteiger partial charge on any atom is -0.308 e.